The van der Waals surface area contributed by atoms with E-state index in [-0.39, 0.29) is 24.7 Å². The van der Waals surface area contributed by atoms with Crippen LogP contribution in [0.3, 0.4) is 0 Å². The molecule has 5 aromatic carbocycles. The number of nitrogens with zero attached hydrogens (tertiary/aromatic N) is 1. The molecule has 0 amide bonds. The van der Waals surface area contributed by atoms with Crippen molar-refractivity contribution < 1.29 is 14.6 Å². The van der Waals surface area contributed by atoms with Crippen molar-refractivity contribution in [1.29, 1.82) is 0 Å². The van der Waals surface area contributed by atoms with Gasteiger partial charge in [-0.05, 0) is 51.1 Å². The maximum atomic E-state index is 9.65. The lowest BCUT2D eigenvalue weighted by Gasteiger charge is -2.43. The molecule has 5 aromatic rings. The lowest BCUT2D eigenvalue weighted by molar-refractivity contribution is -0.276. The summed E-state index contributed by atoms with van der Waals surface area (Å²) in [4.78, 5) is 2.48. The van der Waals surface area contributed by atoms with Crippen LogP contribution in [0.1, 0.15) is 52.7 Å². The molecule has 6 rings (SSSR count). The number of hydrogen-bond donors (Lipinski definition) is 2. The molecule has 230 valence electrons. The summed E-state index contributed by atoms with van der Waals surface area (Å²) in [6.07, 6.45) is -0.814. The third kappa shape index (κ3) is 7.77. The Labute approximate surface area is 266 Å². The maximum absolute atomic E-state index is 9.65. The minimum Gasteiger partial charge on any atom is -0.392 e. The van der Waals surface area contributed by atoms with E-state index in [0.29, 0.717) is 6.54 Å². The molecule has 0 radical (unpaired) electrons. The number of aliphatic hydroxyl groups excluding tert-OH is 1. The normalized spacial score (nSPS) is 19.9. The monoisotopic (exact) mass is 598 g/mol. The summed E-state index contributed by atoms with van der Waals surface area (Å²) < 4.78 is 13.7. The SMILES string of the molecule is C[C@H]1[C@@H](CN(Cc2ccccc2)Cc2ccccc2)O[C@@H](c2cccc(-c3cccc(CN)c3)c2)O[C@H]1c1ccc(CO)cc1. The summed E-state index contributed by atoms with van der Waals surface area (Å²) in [7, 11) is 0. The van der Waals surface area contributed by atoms with E-state index < -0.39 is 6.29 Å². The number of benzene rings is 5. The Hall–Kier alpha value is -4.10. The zero-order valence-electron chi connectivity index (χ0n) is 25.8. The van der Waals surface area contributed by atoms with E-state index in [1.54, 1.807) is 0 Å². The van der Waals surface area contributed by atoms with Gasteiger partial charge in [-0.3, -0.25) is 4.90 Å². The van der Waals surface area contributed by atoms with Gasteiger partial charge < -0.3 is 20.3 Å². The van der Waals surface area contributed by atoms with Crippen molar-refractivity contribution in [2.45, 2.75) is 51.7 Å². The first-order chi connectivity index (χ1) is 22.1. The van der Waals surface area contributed by atoms with Crippen LogP contribution in [0.4, 0.5) is 0 Å². The molecule has 0 aromatic heterocycles. The fraction of sp³-hybridized carbons (Fsp3) is 0.250. The van der Waals surface area contributed by atoms with Crippen molar-refractivity contribution in [2.24, 2.45) is 11.7 Å². The molecule has 1 fully saturated rings. The van der Waals surface area contributed by atoms with E-state index in [0.717, 1.165) is 53.0 Å². The average Bonchev–Trinajstić information content (AvgIpc) is 3.10. The highest BCUT2D eigenvalue weighted by Gasteiger charge is 2.39. The van der Waals surface area contributed by atoms with E-state index >= 15 is 0 Å². The average molecular weight is 599 g/mol. The van der Waals surface area contributed by atoms with Gasteiger partial charge in [0.1, 0.15) is 0 Å². The van der Waals surface area contributed by atoms with E-state index in [2.05, 4.69) is 133 Å². The largest absolute Gasteiger partial charge is 0.392 e. The van der Waals surface area contributed by atoms with Gasteiger partial charge >= 0.3 is 0 Å². The number of hydrogen-bond acceptors (Lipinski definition) is 5. The summed E-state index contributed by atoms with van der Waals surface area (Å²) in [6.45, 7) is 5.12. The Kier molecular flexibility index (Phi) is 10.2. The molecule has 5 nitrogen and oxygen atoms in total. The zero-order chi connectivity index (χ0) is 31.0. The predicted octanol–water partition coefficient (Wildman–Crippen LogP) is 7.80. The van der Waals surface area contributed by atoms with E-state index in [9.17, 15) is 5.11 Å². The molecule has 45 heavy (non-hydrogen) atoms. The Balaban J connectivity index is 1.32. The molecule has 0 spiro atoms. The summed E-state index contributed by atoms with van der Waals surface area (Å²) in [5.74, 6) is 0.0830. The highest BCUT2D eigenvalue weighted by atomic mass is 16.7. The molecular formula is C40H42N2O3. The first-order valence-electron chi connectivity index (χ1n) is 15.8. The minimum absolute atomic E-state index is 0.0157. The smallest absolute Gasteiger partial charge is 0.184 e. The standard InChI is InChI=1S/C40H42N2O3/c1-29-38(27-42(25-30-10-4-2-5-11-30)26-31-12-6-3-7-13-31)44-40(45-39(29)34-20-18-32(28-43)19-21-34)37-17-9-16-36(23-37)35-15-8-14-33(22-35)24-41/h2-23,29,38-40,43H,24-28,41H2,1H3/t29-,38+,39+,40+/m0/s1. The molecular weight excluding hydrogens is 556 g/mol. The van der Waals surface area contributed by atoms with Crippen LogP contribution in [0.2, 0.25) is 0 Å². The van der Waals surface area contributed by atoms with Crippen molar-refractivity contribution in [2.75, 3.05) is 6.54 Å². The van der Waals surface area contributed by atoms with Crippen molar-refractivity contribution in [3.05, 3.63) is 167 Å². The van der Waals surface area contributed by atoms with Crippen molar-refractivity contribution in [1.82, 2.24) is 4.90 Å². The van der Waals surface area contributed by atoms with E-state index in [1.165, 1.54) is 11.1 Å². The van der Waals surface area contributed by atoms with E-state index in [4.69, 9.17) is 15.2 Å². The number of nitrogens with two attached hydrogens (primary N) is 1. The van der Waals surface area contributed by atoms with Crippen LogP contribution in [-0.4, -0.2) is 22.7 Å². The van der Waals surface area contributed by atoms with Crippen LogP contribution in [-0.2, 0) is 35.7 Å². The molecule has 4 atom stereocenters. The van der Waals surface area contributed by atoms with Crippen LogP contribution < -0.4 is 5.73 Å². The molecule has 1 aliphatic rings. The number of aliphatic hydroxyl groups is 1. The van der Waals surface area contributed by atoms with Gasteiger partial charge in [-0.2, -0.15) is 0 Å². The van der Waals surface area contributed by atoms with Gasteiger partial charge in [0.05, 0.1) is 18.8 Å². The van der Waals surface area contributed by atoms with Crippen LogP contribution in [0.25, 0.3) is 11.1 Å². The zero-order valence-corrected chi connectivity index (χ0v) is 25.8. The van der Waals surface area contributed by atoms with Gasteiger partial charge in [0.25, 0.3) is 0 Å². The Morgan fingerprint density at radius 3 is 1.84 bits per heavy atom. The first-order valence-corrected chi connectivity index (χ1v) is 15.8. The minimum atomic E-state index is -0.540. The topological polar surface area (TPSA) is 68.0 Å². The second-order valence-corrected chi connectivity index (χ2v) is 12.0. The quantitative estimate of drug-likeness (QED) is 0.162. The molecule has 0 bridgehead atoms. The molecule has 0 aliphatic carbocycles. The molecule has 0 saturated carbocycles. The van der Waals surface area contributed by atoms with Gasteiger partial charge in [-0.1, -0.05) is 128 Å². The van der Waals surface area contributed by atoms with E-state index in [1.807, 2.05) is 12.1 Å². The lowest BCUT2D eigenvalue weighted by Crippen LogP contribution is -2.44. The maximum Gasteiger partial charge on any atom is 0.184 e. The predicted molar refractivity (Wildman–Crippen MR) is 180 cm³/mol. The van der Waals surface area contributed by atoms with Crippen molar-refractivity contribution in [3.8, 4) is 11.1 Å². The summed E-state index contributed by atoms with van der Waals surface area (Å²) in [6, 6.07) is 46.2. The Bertz CT molecular complexity index is 1600. The molecule has 1 aliphatic heterocycles. The third-order valence-corrected chi connectivity index (χ3v) is 8.71. The van der Waals surface area contributed by atoms with Crippen LogP contribution in [0.15, 0.2) is 133 Å². The lowest BCUT2D eigenvalue weighted by atomic mass is 9.89. The van der Waals surface area contributed by atoms with Crippen LogP contribution in [0, 0.1) is 5.92 Å². The highest BCUT2D eigenvalue weighted by molar-refractivity contribution is 5.65. The second-order valence-electron chi connectivity index (χ2n) is 12.0. The van der Waals surface area contributed by atoms with Crippen LogP contribution in [0.5, 0.6) is 0 Å². The fourth-order valence-electron chi connectivity index (χ4n) is 6.19. The number of rotatable bonds is 11. The molecule has 3 N–H and O–H groups in total. The summed E-state index contributed by atoms with van der Waals surface area (Å²) >= 11 is 0. The summed E-state index contributed by atoms with van der Waals surface area (Å²) in [5.41, 5.74) is 14.8. The van der Waals surface area contributed by atoms with Gasteiger partial charge in [0.2, 0.25) is 0 Å². The second kappa shape index (κ2) is 14.8. The molecule has 0 unspecified atom stereocenters. The fourth-order valence-corrected chi connectivity index (χ4v) is 6.19. The summed E-state index contributed by atoms with van der Waals surface area (Å²) in [5, 5.41) is 9.65. The van der Waals surface area contributed by atoms with Gasteiger partial charge in [0, 0.05) is 37.7 Å². The Morgan fingerprint density at radius 1 is 0.622 bits per heavy atom. The Morgan fingerprint density at radius 2 is 1.22 bits per heavy atom. The molecule has 1 heterocycles. The van der Waals surface area contributed by atoms with Gasteiger partial charge in [0.15, 0.2) is 6.29 Å². The van der Waals surface area contributed by atoms with Gasteiger partial charge in [-0.25, -0.2) is 0 Å². The third-order valence-electron chi connectivity index (χ3n) is 8.71. The first kappa shape index (κ1) is 30.9. The molecule has 5 heteroatoms. The van der Waals surface area contributed by atoms with Crippen molar-refractivity contribution in [3.63, 3.8) is 0 Å². The van der Waals surface area contributed by atoms with Crippen LogP contribution >= 0.6 is 0 Å². The highest BCUT2D eigenvalue weighted by Crippen LogP contribution is 2.42. The van der Waals surface area contributed by atoms with Crippen molar-refractivity contribution >= 4 is 0 Å². The number of ether oxygens (including phenoxy) is 2. The molecule has 1 saturated heterocycles. The van der Waals surface area contributed by atoms with Gasteiger partial charge in [-0.15, -0.1) is 0 Å².